The van der Waals surface area contributed by atoms with Crippen molar-refractivity contribution in [1.29, 1.82) is 0 Å². The molecule has 0 spiro atoms. The van der Waals surface area contributed by atoms with Crippen molar-refractivity contribution in [3.8, 4) is 18.1 Å². The number of hydrogen-bond donors (Lipinski definition) is 1. The van der Waals surface area contributed by atoms with Crippen LogP contribution in [0.3, 0.4) is 0 Å². The highest BCUT2D eigenvalue weighted by atomic mass is 19.1. The number of hydrogen-bond acceptors (Lipinski definition) is 2. The number of rotatable bonds is 6. The second-order valence-electron chi connectivity index (χ2n) is 4.23. The standard InChI is InChI=1S/C14H17F2NO/c1-4-5-6-18-14-12(15)7-11(8-13(14)16)9-17-10(2)3/h1,7-8,10,17H,5-6,9H2,2-3H3. The molecule has 0 aromatic heterocycles. The van der Waals surface area contributed by atoms with E-state index in [1.165, 1.54) is 12.1 Å². The summed E-state index contributed by atoms with van der Waals surface area (Å²) in [5.41, 5.74) is 0.544. The van der Waals surface area contributed by atoms with Gasteiger partial charge in [0, 0.05) is 19.0 Å². The fraction of sp³-hybridized carbons (Fsp3) is 0.429. The Morgan fingerprint density at radius 1 is 1.33 bits per heavy atom. The first-order valence-corrected chi connectivity index (χ1v) is 5.82. The molecule has 0 heterocycles. The van der Waals surface area contributed by atoms with Crippen LogP contribution in [0.1, 0.15) is 25.8 Å². The summed E-state index contributed by atoms with van der Waals surface area (Å²) < 4.78 is 32.2. The lowest BCUT2D eigenvalue weighted by Gasteiger charge is -2.11. The van der Waals surface area contributed by atoms with Gasteiger partial charge in [0.1, 0.15) is 0 Å². The van der Waals surface area contributed by atoms with Crippen LogP contribution in [0.15, 0.2) is 12.1 Å². The predicted octanol–water partition coefficient (Wildman–Crippen LogP) is 2.86. The molecule has 1 rings (SSSR count). The van der Waals surface area contributed by atoms with E-state index >= 15 is 0 Å². The van der Waals surface area contributed by atoms with Gasteiger partial charge < -0.3 is 10.1 Å². The third-order valence-corrected chi connectivity index (χ3v) is 2.27. The summed E-state index contributed by atoms with van der Waals surface area (Å²) in [5.74, 6) is 0.576. The zero-order valence-corrected chi connectivity index (χ0v) is 10.6. The van der Waals surface area contributed by atoms with E-state index in [1.807, 2.05) is 13.8 Å². The zero-order chi connectivity index (χ0) is 13.5. The molecule has 0 saturated carbocycles. The summed E-state index contributed by atoms with van der Waals surface area (Å²) in [7, 11) is 0. The van der Waals surface area contributed by atoms with Gasteiger partial charge in [-0.3, -0.25) is 0 Å². The minimum absolute atomic E-state index is 0.105. The minimum atomic E-state index is -0.701. The Balaban J connectivity index is 2.74. The summed E-state index contributed by atoms with van der Waals surface area (Å²) in [6.07, 6.45) is 5.35. The van der Waals surface area contributed by atoms with E-state index in [9.17, 15) is 8.78 Å². The molecular weight excluding hydrogens is 236 g/mol. The number of benzene rings is 1. The van der Waals surface area contributed by atoms with Crippen LogP contribution in [0.2, 0.25) is 0 Å². The number of halogens is 2. The number of ether oxygens (including phenoxy) is 1. The fourth-order valence-electron chi connectivity index (χ4n) is 1.39. The summed E-state index contributed by atoms with van der Waals surface area (Å²) in [6.45, 7) is 4.44. The Hall–Kier alpha value is -1.60. The van der Waals surface area contributed by atoms with Crippen LogP contribution in [0.4, 0.5) is 8.78 Å². The lowest BCUT2D eigenvalue weighted by Crippen LogP contribution is -2.22. The van der Waals surface area contributed by atoms with Crippen LogP contribution >= 0.6 is 0 Å². The van der Waals surface area contributed by atoms with Gasteiger partial charge in [0.2, 0.25) is 0 Å². The maximum atomic E-state index is 13.6. The Bertz CT molecular complexity index is 415. The van der Waals surface area contributed by atoms with Crippen LogP contribution in [0.25, 0.3) is 0 Å². The van der Waals surface area contributed by atoms with Crippen molar-refractivity contribution in [2.45, 2.75) is 32.9 Å². The molecule has 2 nitrogen and oxygen atoms in total. The SMILES string of the molecule is C#CCCOc1c(F)cc(CNC(C)C)cc1F. The summed E-state index contributed by atoms with van der Waals surface area (Å²) in [4.78, 5) is 0. The first kappa shape index (κ1) is 14.5. The molecule has 0 unspecified atom stereocenters. The van der Waals surface area contributed by atoms with E-state index in [1.54, 1.807) is 0 Å². The Labute approximate surface area is 106 Å². The highest BCUT2D eigenvalue weighted by molar-refractivity contribution is 5.31. The highest BCUT2D eigenvalue weighted by Crippen LogP contribution is 2.23. The predicted molar refractivity (Wildman–Crippen MR) is 67.3 cm³/mol. The smallest absolute Gasteiger partial charge is 0.190 e. The maximum Gasteiger partial charge on any atom is 0.190 e. The largest absolute Gasteiger partial charge is 0.487 e. The second kappa shape index (κ2) is 6.97. The van der Waals surface area contributed by atoms with E-state index in [0.717, 1.165) is 0 Å². The first-order valence-electron chi connectivity index (χ1n) is 5.82. The van der Waals surface area contributed by atoms with Crippen molar-refractivity contribution in [2.24, 2.45) is 0 Å². The Kier molecular flexibility index (Phi) is 5.60. The normalized spacial score (nSPS) is 10.4. The molecule has 0 fully saturated rings. The van der Waals surface area contributed by atoms with E-state index in [2.05, 4.69) is 11.2 Å². The van der Waals surface area contributed by atoms with E-state index < -0.39 is 11.6 Å². The van der Waals surface area contributed by atoms with Crippen LogP contribution in [-0.2, 0) is 6.54 Å². The molecule has 0 saturated heterocycles. The first-order chi connectivity index (χ1) is 8.54. The molecule has 1 aromatic rings. The van der Waals surface area contributed by atoms with Crippen LogP contribution in [-0.4, -0.2) is 12.6 Å². The fourth-order valence-corrected chi connectivity index (χ4v) is 1.39. The van der Waals surface area contributed by atoms with Gasteiger partial charge in [-0.1, -0.05) is 13.8 Å². The molecular formula is C14H17F2NO. The minimum Gasteiger partial charge on any atom is -0.487 e. The summed E-state index contributed by atoms with van der Waals surface area (Å²) in [5, 5.41) is 3.09. The van der Waals surface area contributed by atoms with Crippen molar-refractivity contribution in [3.05, 3.63) is 29.3 Å². The van der Waals surface area contributed by atoms with E-state index in [4.69, 9.17) is 11.2 Å². The molecule has 4 heteroatoms. The van der Waals surface area contributed by atoms with Crippen molar-refractivity contribution < 1.29 is 13.5 Å². The van der Waals surface area contributed by atoms with Gasteiger partial charge in [-0.25, -0.2) is 8.78 Å². The van der Waals surface area contributed by atoms with Crippen molar-refractivity contribution >= 4 is 0 Å². The molecule has 1 N–H and O–H groups in total. The molecule has 0 aliphatic rings. The van der Waals surface area contributed by atoms with Crippen LogP contribution in [0.5, 0.6) is 5.75 Å². The Morgan fingerprint density at radius 3 is 2.44 bits per heavy atom. The van der Waals surface area contributed by atoms with Gasteiger partial charge in [-0.2, -0.15) is 0 Å². The van der Waals surface area contributed by atoms with Crippen LogP contribution < -0.4 is 10.1 Å². The number of terminal acetylenes is 1. The average molecular weight is 253 g/mol. The average Bonchev–Trinajstić information content (AvgIpc) is 2.30. The molecule has 0 amide bonds. The van der Waals surface area contributed by atoms with Crippen molar-refractivity contribution in [1.82, 2.24) is 5.32 Å². The van der Waals surface area contributed by atoms with Crippen molar-refractivity contribution in [2.75, 3.05) is 6.61 Å². The topological polar surface area (TPSA) is 21.3 Å². The molecule has 18 heavy (non-hydrogen) atoms. The van der Waals surface area contributed by atoms with E-state index in [-0.39, 0.29) is 18.4 Å². The molecule has 1 aromatic carbocycles. The van der Waals surface area contributed by atoms with Crippen LogP contribution in [0, 0.1) is 24.0 Å². The molecule has 0 aliphatic carbocycles. The van der Waals surface area contributed by atoms with Gasteiger partial charge in [0.05, 0.1) is 6.61 Å². The molecule has 0 atom stereocenters. The Morgan fingerprint density at radius 2 is 1.94 bits per heavy atom. The molecule has 98 valence electrons. The lowest BCUT2D eigenvalue weighted by molar-refractivity contribution is 0.292. The zero-order valence-electron chi connectivity index (χ0n) is 10.6. The third-order valence-electron chi connectivity index (χ3n) is 2.27. The monoisotopic (exact) mass is 253 g/mol. The lowest BCUT2D eigenvalue weighted by atomic mass is 10.2. The quantitative estimate of drug-likeness (QED) is 0.621. The third kappa shape index (κ3) is 4.34. The van der Waals surface area contributed by atoms with Crippen molar-refractivity contribution in [3.63, 3.8) is 0 Å². The summed E-state index contributed by atoms with van der Waals surface area (Å²) >= 11 is 0. The number of nitrogens with one attached hydrogen (secondary N) is 1. The van der Waals surface area contributed by atoms with Gasteiger partial charge in [-0.15, -0.1) is 12.3 Å². The van der Waals surface area contributed by atoms with E-state index in [0.29, 0.717) is 18.5 Å². The van der Waals surface area contributed by atoms with Gasteiger partial charge in [0.15, 0.2) is 17.4 Å². The molecule has 0 radical (unpaired) electrons. The van der Waals surface area contributed by atoms with Gasteiger partial charge in [0.25, 0.3) is 0 Å². The molecule has 0 aliphatic heterocycles. The van der Waals surface area contributed by atoms with Gasteiger partial charge >= 0.3 is 0 Å². The van der Waals surface area contributed by atoms with Gasteiger partial charge in [-0.05, 0) is 17.7 Å². The molecule has 0 bridgehead atoms. The second-order valence-corrected chi connectivity index (χ2v) is 4.23. The summed E-state index contributed by atoms with van der Waals surface area (Å²) in [6, 6.07) is 2.79. The maximum absolute atomic E-state index is 13.6. The highest BCUT2D eigenvalue weighted by Gasteiger charge is 2.12.